The Morgan fingerprint density at radius 3 is 2.57 bits per heavy atom. The molecule has 1 aromatic carbocycles. The first-order valence-electron chi connectivity index (χ1n) is 13.4. The zero-order chi connectivity index (χ0) is 30.4. The van der Waals surface area contributed by atoms with Crippen molar-refractivity contribution >= 4 is 46.8 Å². The summed E-state index contributed by atoms with van der Waals surface area (Å²) in [6, 6.07) is 7.95. The van der Waals surface area contributed by atoms with Gasteiger partial charge in [0.15, 0.2) is 6.61 Å². The zero-order valence-electron chi connectivity index (χ0n) is 23.2. The Morgan fingerprint density at radius 2 is 1.95 bits per heavy atom. The number of aromatic nitrogens is 2. The van der Waals surface area contributed by atoms with Crippen LogP contribution in [0, 0.1) is 34.3 Å². The van der Waals surface area contributed by atoms with Crippen LogP contribution in [0.5, 0.6) is 5.75 Å². The predicted octanol–water partition coefficient (Wildman–Crippen LogP) is 6.45. The van der Waals surface area contributed by atoms with E-state index in [1.54, 1.807) is 18.2 Å². The molecule has 0 radical (unpaired) electrons. The number of hydrogen-bond donors (Lipinski definition) is 2. The molecule has 0 bridgehead atoms. The van der Waals surface area contributed by atoms with E-state index in [0.29, 0.717) is 82.3 Å². The number of hydrogen-bond acceptors (Lipinski definition) is 7. The number of halogens is 4. The Hall–Kier alpha value is -3.81. The molecule has 0 unspecified atom stereocenters. The van der Waals surface area contributed by atoms with Gasteiger partial charge in [0.05, 0.1) is 35.4 Å². The Bertz CT molecular complexity index is 1520. The second-order valence-corrected chi connectivity index (χ2v) is 11.0. The van der Waals surface area contributed by atoms with Gasteiger partial charge in [-0.2, -0.15) is 5.26 Å². The van der Waals surface area contributed by atoms with Crippen molar-refractivity contribution in [3.63, 3.8) is 0 Å². The minimum atomic E-state index is -0.863. The summed E-state index contributed by atoms with van der Waals surface area (Å²) in [7, 11) is 0. The van der Waals surface area contributed by atoms with E-state index in [-0.39, 0.29) is 30.8 Å². The molecule has 1 aliphatic heterocycles. The molecule has 3 heterocycles. The van der Waals surface area contributed by atoms with E-state index in [9.17, 15) is 18.8 Å². The standard InChI is InChI=1S/C30H30Cl2F2N6O2/c1-17(2)9-24-21(12-35)29(22(13-36)30(39-24)38-20(5-7-31)6-8-32)18-3-4-26-27(10-18)42-16-28(41)40(26)15-25-23(34)11-19(33)14-37-25/h3-4,10-11,13-14,17,20,36H,5-9,15-16H2,1-2H3,(H,38,39). The fraction of sp³-hybridized carbons (Fsp3) is 0.367. The van der Waals surface area contributed by atoms with Crippen molar-refractivity contribution in [2.24, 2.45) is 5.92 Å². The van der Waals surface area contributed by atoms with Crippen molar-refractivity contribution in [2.45, 2.75) is 45.7 Å². The van der Waals surface area contributed by atoms with Gasteiger partial charge in [-0.3, -0.25) is 14.7 Å². The fourth-order valence-electron chi connectivity index (χ4n) is 4.84. The van der Waals surface area contributed by atoms with Gasteiger partial charge < -0.3 is 15.5 Å². The molecule has 3 aromatic rings. The van der Waals surface area contributed by atoms with Crippen molar-refractivity contribution in [3.8, 4) is 22.9 Å². The second kappa shape index (κ2) is 13.9. The lowest BCUT2D eigenvalue weighted by Crippen LogP contribution is -2.38. The molecule has 12 heteroatoms. The molecule has 220 valence electrons. The van der Waals surface area contributed by atoms with Crippen molar-refractivity contribution in [1.29, 1.82) is 10.7 Å². The number of carbonyl (C=O) groups is 1. The summed E-state index contributed by atoms with van der Waals surface area (Å²) >= 11 is 12.1. The number of benzene rings is 1. The molecule has 0 spiro atoms. The topological polar surface area (TPSA) is 115 Å². The molecule has 1 amide bonds. The smallest absolute Gasteiger partial charge is 0.265 e. The third-order valence-corrected chi connectivity index (χ3v) is 7.24. The molecule has 42 heavy (non-hydrogen) atoms. The minimum absolute atomic E-state index is 0.0915. The lowest BCUT2D eigenvalue weighted by atomic mass is 9.91. The number of carbonyl (C=O) groups excluding carboxylic acids is 1. The van der Waals surface area contributed by atoms with Crippen LogP contribution >= 0.6 is 23.2 Å². The first kappa shape index (κ1) is 31.1. The Kier molecular flexibility index (Phi) is 10.3. The van der Waals surface area contributed by atoms with Gasteiger partial charge in [0, 0.05) is 41.2 Å². The maximum atomic E-state index is 14.4. The van der Waals surface area contributed by atoms with Gasteiger partial charge in [0.1, 0.15) is 29.3 Å². The molecule has 0 saturated carbocycles. The number of ether oxygens (including phenoxy) is 1. The molecule has 2 N–H and O–H groups in total. The van der Waals surface area contributed by atoms with Crippen LogP contribution in [0.2, 0.25) is 0 Å². The number of pyridine rings is 2. The maximum Gasteiger partial charge on any atom is 0.265 e. The van der Waals surface area contributed by atoms with Crippen LogP contribution in [-0.4, -0.2) is 46.5 Å². The summed E-state index contributed by atoms with van der Waals surface area (Å²) in [6.07, 6.45) is 3.83. The number of nitriles is 1. The molecule has 0 saturated heterocycles. The van der Waals surface area contributed by atoms with Crippen LogP contribution in [0.1, 0.15) is 49.2 Å². The fourth-order valence-corrected chi connectivity index (χ4v) is 5.37. The number of rotatable bonds is 12. The van der Waals surface area contributed by atoms with Gasteiger partial charge in [0.2, 0.25) is 0 Å². The predicted molar refractivity (Wildman–Crippen MR) is 160 cm³/mol. The number of nitrogens with one attached hydrogen (secondary N) is 2. The third kappa shape index (κ3) is 6.80. The van der Waals surface area contributed by atoms with E-state index < -0.39 is 17.5 Å². The van der Waals surface area contributed by atoms with Gasteiger partial charge in [-0.1, -0.05) is 19.9 Å². The number of alkyl halides is 2. The number of amides is 1. The monoisotopic (exact) mass is 614 g/mol. The minimum Gasteiger partial charge on any atom is -0.482 e. The van der Waals surface area contributed by atoms with E-state index in [2.05, 4.69) is 16.4 Å². The second-order valence-electron chi connectivity index (χ2n) is 10.3. The molecule has 0 fully saturated rings. The molecule has 4 rings (SSSR count). The number of fused-ring (bicyclic) bond motifs is 1. The van der Waals surface area contributed by atoms with Crippen molar-refractivity contribution in [2.75, 3.05) is 28.6 Å². The summed E-state index contributed by atoms with van der Waals surface area (Å²) in [5.41, 5.74) is 2.68. The highest BCUT2D eigenvalue weighted by Gasteiger charge is 2.29. The first-order valence-corrected chi connectivity index (χ1v) is 14.5. The highest BCUT2D eigenvalue weighted by atomic mass is 35.5. The summed E-state index contributed by atoms with van der Waals surface area (Å²) < 4.78 is 33.5. The van der Waals surface area contributed by atoms with Crippen LogP contribution in [0.25, 0.3) is 11.1 Å². The molecular weight excluding hydrogens is 585 g/mol. The van der Waals surface area contributed by atoms with Gasteiger partial charge in [0.25, 0.3) is 5.91 Å². The van der Waals surface area contributed by atoms with E-state index in [1.165, 1.54) is 4.90 Å². The third-order valence-electron chi connectivity index (χ3n) is 6.81. The Labute approximate surface area is 253 Å². The normalized spacial score (nSPS) is 12.7. The summed E-state index contributed by atoms with van der Waals surface area (Å²) in [6.45, 7) is 3.53. The van der Waals surface area contributed by atoms with Crippen LogP contribution in [0.4, 0.5) is 20.3 Å². The van der Waals surface area contributed by atoms with Gasteiger partial charge in [-0.15, -0.1) is 23.2 Å². The zero-order valence-corrected chi connectivity index (χ0v) is 24.7. The van der Waals surface area contributed by atoms with Crippen LogP contribution in [0.3, 0.4) is 0 Å². The van der Waals surface area contributed by atoms with E-state index in [0.717, 1.165) is 12.4 Å². The van der Waals surface area contributed by atoms with E-state index in [1.807, 2.05) is 13.8 Å². The Balaban J connectivity index is 1.84. The summed E-state index contributed by atoms with van der Waals surface area (Å²) in [5, 5.41) is 22.0. The Morgan fingerprint density at radius 1 is 1.21 bits per heavy atom. The molecule has 2 aromatic heterocycles. The first-order chi connectivity index (χ1) is 20.2. The SMILES string of the molecule is CC(C)Cc1nc(NC(CCCl)CCCl)c(C=N)c(-c2ccc3c(c2)OCC(=O)N3Cc2ncc(F)cc2F)c1C#N. The molecule has 0 atom stereocenters. The molecular formula is C30H30Cl2F2N6O2. The maximum absolute atomic E-state index is 14.4. The van der Waals surface area contributed by atoms with Crippen LogP contribution in [0.15, 0.2) is 30.5 Å². The lowest BCUT2D eigenvalue weighted by molar-refractivity contribution is -0.121. The average Bonchev–Trinajstić information content (AvgIpc) is 2.95. The van der Waals surface area contributed by atoms with Crippen LogP contribution < -0.4 is 15.0 Å². The lowest BCUT2D eigenvalue weighted by Gasteiger charge is -2.30. The average molecular weight is 616 g/mol. The van der Waals surface area contributed by atoms with Crippen LogP contribution in [-0.2, 0) is 17.8 Å². The largest absolute Gasteiger partial charge is 0.482 e. The van der Waals surface area contributed by atoms with E-state index in [4.69, 9.17) is 38.3 Å². The van der Waals surface area contributed by atoms with Gasteiger partial charge in [-0.05, 0) is 42.9 Å². The highest BCUT2D eigenvalue weighted by Crippen LogP contribution is 2.40. The molecule has 1 aliphatic rings. The quantitative estimate of drug-likeness (QED) is 0.179. The number of anilines is 2. The van der Waals surface area contributed by atoms with Crippen molar-refractivity contribution < 1.29 is 18.3 Å². The van der Waals surface area contributed by atoms with Gasteiger partial charge in [-0.25, -0.2) is 13.8 Å². The van der Waals surface area contributed by atoms with Gasteiger partial charge >= 0.3 is 0 Å². The summed E-state index contributed by atoms with van der Waals surface area (Å²) in [4.78, 5) is 22.7. The van der Waals surface area contributed by atoms with E-state index >= 15 is 0 Å². The molecule has 0 aliphatic carbocycles. The molecule has 8 nitrogen and oxygen atoms in total. The van der Waals surface area contributed by atoms with Crippen molar-refractivity contribution in [3.05, 3.63) is 64.6 Å². The number of nitrogens with zero attached hydrogens (tertiary/aromatic N) is 4. The summed E-state index contributed by atoms with van der Waals surface area (Å²) in [5.74, 6) is -0.308. The van der Waals surface area contributed by atoms with Crippen molar-refractivity contribution in [1.82, 2.24) is 9.97 Å². The highest BCUT2D eigenvalue weighted by molar-refractivity contribution is 6.18.